The average molecular weight is 356 g/mol. The van der Waals surface area contributed by atoms with Gasteiger partial charge in [0.1, 0.15) is 12.4 Å². The van der Waals surface area contributed by atoms with E-state index in [4.69, 9.17) is 21.1 Å². The zero-order valence-electron chi connectivity index (χ0n) is 14.4. The number of hydrogen-bond donors (Lipinski definition) is 2. The molecule has 136 valence electrons. The van der Waals surface area contributed by atoms with Gasteiger partial charge in [0.25, 0.3) is 0 Å². The highest BCUT2D eigenvalue weighted by Gasteiger charge is 2.12. The second-order valence-electron chi connectivity index (χ2n) is 6.48. The Morgan fingerprint density at radius 2 is 1.71 bits per heavy atom. The molecule has 0 radical (unpaired) electrons. The van der Waals surface area contributed by atoms with Crippen molar-refractivity contribution in [2.45, 2.75) is 57.1 Å². The van der Waals surface area contributed by atoms with Gasteiger partial charge >= 0.3 is 0 Å². The van der Waals surface area contributed by atoms with Gasteiger partial charge in [0.2, 0.25) is 0 Å². The molecule has 5 heteroatoms. The number of halogens is 1. The number of benzene rings is 1. The van der Waals surface area contributed by atoms with E-state index in [0.717, 1.165) is 5.75 Å². The summed E-state index contributed by atoms with van der Waals surface area (Å²) in [5, 5.41) is 14.2. The van der Waals surface area contributed by atoms with E-state index in [2.05, 4.69) is 5.32 Å². The summed E-state index contributed by atoms with van der Waals surface area (Å²) in [6, 6.07) is 7.80. The van der Waals surface area contributed by atoms with Crippen LogP contribution in [0.4, 0.5) is 0 Å². The second-order valence-corrected chi connectivity index (χ2v) is 6.92. The number of aliphatic hydroxyl groups is 1. The smallest absolute Gasteiger partial charge is 0.119 e. The highest BCUT2D eigenvalue weighted by atomic mass is 35.5. The van der Waals surface area contributed by atoms with Gasteiger partial charge in [0.15, 0.2) is 0 Å². The molecular formula is C19H30ClNO3. The molecular weight excluding hydrogens is 326 g/mol. The molecule has 0 aromatic heterocycles. The van der Waals surface area contributed by atoms with Crippen LogP contribution in [0.1, 0.15) is 44.9 Å². The summed E-state index contributed by atoms with van der Waals surface area (Å²) < 4.78 is 11.0. The second kappa shape index (κ2) is 11.7. The first kappa shape index (κ1) is 19.5. The molecule has 0 amide bonds. The largest absolute Gasteiger partial charge is 0.491 e. The topological polar surface area (TPSA) is 50.7 Å². The van der Waals surface area contributed by atoms with E-state index in [1.807, 2.05) is 12.1 Å². The number of aliphatic hydroxyl groups excluding tert-OH is 1. The third-order valence-corrected chi connectivity index (χ3v) is 4.62. The molecule has 0 bridgehead atoms. The van der Waals surface area contributed by atoms with Crippen LogP contribution in [0.5, 0.6) is 5.75 Å². The van der Waals surface area contributed by atoms with Gasteiger partial charge < -0.3 is 19.9 Å². The molecule has 4 nitrogen and oxygen atoms in total. The monoisotopic (exact) mass is 355 g/mol. The fraction of sp³-hybridized carbons (Fsp3) is 0.684. The molecule has 1 aromatic rings. The molecule has 1 aliphatic rings. The van der Waals surface area contributed by atoms with Gasteiger partial charge in [-0.3, -0.25) is 0 Å². The van der Waals surface area contributed by atoms with Gasteiger partial charge in [-0.25, -0.2) is 0 Å². The van der Waals surface area contributed by atoms with Crippen molar-refractivity contribution in [1.82, 2.24) is 5.32 Å². The van der Waals surface area contributed by atoms with Crippen molar-refractivity contribution in [2.75, 3.05) is 26.4 Å². The molecule has 1 fully saturated rings. The predicted molar refractivity (Wildman–Crippen MR) is 97.9 cm³/mol. The Labute approximate surface area is 150 Å². The first-order valence-corrected chi connectivity index (χ1v) is 9.49. The minimum atomic E-state index is -0.467. The van der Waals surface area contributed by atoms with Crippen LogP contribution in [0.3, 0.4) is 0 Å². The number of nitrogens with one attached hydrogen (secondary N) is 1. The van der Waals surface area contributed by atoms with Crippen LogP contribution in [0.15, 0.2) is 24.3 Å². The molecule has 0 spiro atoms. The lowest BCUT2D eigenvalue weighted by Gasteiger charge is -2.22. The first-order chi connectivity index (χ1) is 11.7. The van der Waals surface area contributed by atoms with Crippen LogP contribution in [-0.2, 0) is 4.74 Å². The van der Waals surface area contributed by atoms with Gasteiger partial charge in [0.05, 0.1) is 19.3 Å². The maximum absolute atomic E-state index is 10.0. The highest BCUT2D eigenvalue weighted by Crippen LogP contribution is 2.17. The summed E-state index contributed by atoms with van der Waals surface area (Å²) in [5.74, 6) is 0.773. The van der Waals surface area contributed by atoms with E-state index in [9.17, 15) is 5.11 Å². The number of hydrogen-bond acceptors (Lipinski definition) is 4. The van der Waals surface area contributed by atoms with Crippen molar-refractivity contribution in [1.29, 1.82) is 0 Å². The van der Waals surface area contributed by atoms with Crippen LogP contribution < -0.4 is 10.1 Å². The third-order valence-electron chi connectivity index (χ3n) is 4.37. The minimum Gasteiger partial charge on any atom is -0.491 e. The average Bonchev–Trinajstić information content (AvgIpc) is 2.55. The number of rotatable bonds is 9. The highest BCUT2D eigenvalue weighted by molar-refractivity contribution is 6.30. The lowest BCUT2D eigenvalue weighted by atomic mass is 9.97. The fourth-order valence-corrected chi connectivity index (χ4v) is 3.12. The van der Waals surface area contributed by atoms with Crippen molar-refractivity contribution in [2.24, 2.45) is 0 Å². The summed E-state index contributed by atoms with van der Waals surface area (Å²) in [7, 11) is 0. The summed E-state index contributed by atoms with van der Waals surface area (Å²) in [5.41, 5.74) is 0. The summed E-state index contributed by atoms with van der Waals surface area (Å²) in [6.45, 7) is 1.86. The molecule has 0 heterocycles. The Balaban J connectivity index is 1.49. The van der Waals surface area contributed by atoms with Gasteiger partial charge in [0, 0.05) is 17.6 Å². The van der Waals surface area contributed by atoms with E-state index in [-0.39, 0.29) is 0 Å². The number of ether oxygens (including phenoxy) is 2. The van der Waals surface area contributed by atoms with Crippen molar-refractivity contribution >= 4 is 11.6 Å². The van der Waals surface area contributed by atoms with Crippen molar-refractivity contribution in [3.63, 3.8) is 0 Å². The first-order valence-electron chi connectivity index (χ1n) is 9.11. The van der Waals surface area contributed by atoms with Crippen molar-refractivity contribution in [3.05, 3.63) is 29.3 Å². The van der Waals surface area contributed by atoms with Crippen LogP contribution in [0.25, 0.3) is 0 Å². The Hall–Kier alpha value is -0.810. The van der Waals surface area contributed by atoms with Crippen molar-refractivity contribution < 1.29 is 14.6 Å². The Morgan fingerprint density at radius 3 is 2.42 bits per heavy atom. The summed E-state index contributed by atoms with van der Waals surface area (Å²) in [6.07, 6.45) is 8.64. The minimum absolute atomic E-state index is 0.337. The molecule has 2 rings (SSSR count). The van der Waals surface area contributed by atoms with E-state index in [0.29, 0.717) is 37.4 Å². The standard InChI is InChI=1S/C19H30ClNO3/c20-16-8-10-19(11-9-16)24-13-12-23-15-18(22)14-21-17-6-4-2-1-3-5-7-17/h8-11,17-18,21-22H,1-7,12-15H2/t18-/m1/s1. The van der Waals surface area contributed by atoms with Gasteiger partial charge in [-0.15, -0.1) is 0 Å². The van der Waals surface area contributed by atoms with Crippen LogP contribution in [0, 0.1) is 0 Å². The quantitative estimate of drug-likeness (QED) is 0.661. The molecule has 1 atom stereocenters. The SMILES string of the molecule is O[C@H](CNC1CCCCCCC1)COCCOc1ccc(Cl)cc1. The Bertz CT molecular complexity index is 433. The molecule has 0 saturated heterocycles. The lowest BCUT2D eigenvalue weighted by Crippen LogP contribution is -2.38. The molecule has 1 aliphatic carbocycles. The predicted octanol–water partition coefficient (Wildman–Crippen LogP) is 3.80. The lowest BCUT2D eigenvalue weighted by molar-refractivity contribution is 0.0236. The third kappa shape index (κ3) is 8.34. The normalized spacial score (nSPS) is 17.9. The van der Waals surface area contributed by atoms with E-state index in [1.54, 1.807) is 12.1 Å². The Morgan fingerprint density at radius 1 is 1.04 bits per heavy atom. The zero-order valence-corrected chi connectivity index (χ0v) is 15.1. The molecule has 1 saturated carbocycles. The Kier molecular flexibility index (Phi) is 9.51. The summed E-state index contributed by atoms with van der Waals surface area (Å²) >= 11 is 5.82. The summed E-state index contributed by atoms with van der Waals surface area (Å²) in [4.78, 5) is 0. The van der Waals surface area contributed by atoms with Gasteiger partial charge in [-0.1, -0.05) is 43.7 Å². The molecule has 0 aliphatic heterocycles. The van der Waals surface area contributed by atoms with E-state index >= 15 is 0 Å². The molecule has 0 unspecified atom stereocenters. The molecule has 2 N–H and O–H groups in total. The van der Waals surface area contributed by atoms with E-state index in [1.165, 1.54) is 44.9 Å². The molecule has 1 aromatic carbocycles. The van der Waals surface area contributed by atoms with Crippen LogP contribution in [-0.4, -0.2) is 43.6 Å². The fourth-order valence-electron chi connectivity index (χ4n) is 2.99. The van der Waals surface area contributed by atoms with Crippen molar-refractivity contribution in [3.8, 4) is 5.75 Å². The van der Waals surface area contributed by atoms with Crippen LogP contribution in [0.2, 0.25) is 5.02 Å². The van der Waals surface area contributed by atoms with Gasteiger partial charge in [-0.05, 0) is 37.1 Å². The van der Waals surface area contributed by atoms with Crippen LogP contribution >= 0.6 is 11.6 Å². The van der Waals surface area contributed by atoms with Gasteiger partial charge in [-0.2, -0.15) is 0 Å². The molecule has 24 heavy (non-hydrogen) atoms. The maximum Gasteiger partial charge on any atom is 0.119 e. The zero-order chi connectivity index (χ0) is 17.0. The maximum atomic E-state index is 10.0. The van der Waals surface area contributed by atoms with E-state index < -0.39 is 6.10 Å².